The number of nitrogens with zero attached hydrogens (tertiary/aromatic N) is 2. The fraction of sp³-hybridized carbons (Fsp3) is 0.421. The van der Waals surface area contributed by atoms with E-state index in [2.05, 4.69) is 27.5 Å². The summed E-state index contributed by atoms with van der Waals surface area (Å²) in [6, 6.07) is 9.63. The fourth-order valence-corrected chi connectivity index (χ4v) is 2.39. The number of amides is 1. The van der Waals surface area contributed by atoms with E-state index in [1.165, 1.54) is 13.1 Å². The first kappa shape index (κ1) is 19.7. The van der Waals surface area contributed by atoms with Gasteiger partial charge in [-0.15, -0.1) is 0 Å². The summed E-state index contributed by atoms with van der Waals surface area (Å²) in [6.07, 6.45) is 4.36. The maximum atomic E-state index is 11.3. The van der Waals surface area contributed by atoms with Gasteiger partial charge in [0.15, 0.2) is 11.6 Å². The third-order valence-corrected chi connectivity index (χ3v) is 3.75. The number of aliphatic hydroxyl groups is 1. The maximum absolute atomic E-state index is 11.3. The number of ether oxygens (including phenoxy) is 1. The molecule has 0 aliphatic rings. The first-order valence-electron chi connectivity index (χ1n) is 8.81. The number of hydrogen-bond acceptors (Lipinski definition) is 6. The smallest absolute Gasteiger partial charge is 0.231 e. The number of unbranched alkanes of at least 4 members (excludes halogenated alkanes) is 1. The Labute approximate surface area is 153 Å². The molecule has 2 rings (SSSR count). The van der Waals surface area contributed by atoms with Crippen molar-refractivity contribution in [2.75, 3.05) is 17.2 Å². The molecule has 0 bridgehead atoms. The van der Waals surface area contributed by atoms with Crippen molar-refractivity contribution in [2.24, 2.45) is 0 Å². The highest BCUT2D eigenvalue weighted by molar-refractivity contribution is 5.86. The number of carbonyl (C=O) groups is 1. The van der Waals surface area contributed by atoms with Crippen LogP contribution in [0.1, 0.15) is 38.7 Å². The molecule has 0 saturated carbocycles. The van der Waals surface area contributed by atoms with Crippen LogP contribution < -0.4 is 15.4 Å². The number of rotatable bonds is 10. The van der Waals surface area contributed by atoms with Gasteiger partial charge in [0.25, 0.3) is 0 Å². The highest BCUT2D eigenvalue weighted by atomic mass is 16.5. The molecule has 0 spiro atoms. The predicted octanol–water partition coefficient (Wildman–Crippen LogP) is 2.98. The summed E-state index contributed by atoms with van der Waals surface area (Å²) in [5, 5.41) is 15.4. The Morgan fingerprint density at radius 2 is 2.08 bits per heavy atom. The second kappa shape index (κ2) is 10.4. The van der Waals surface area contributed by atoms with Gasteiger partial charge in [-0.1, -0.05) is 50.1 Å². The molecule has 1 aromatic carbocycles. The molecule has 0 radical (unpaired) electrons. The van der Waals surface area contributed by atoms with Crippen molar-refractivity contribution in [1.29, 1.82) is 0 Å². The SMILES string of the molecule is CCCCC(CO)Nc1nc(NC(C)=O)ncc1OCc1ccccc1. The Morgan fingerprint density at radius 1 is 1.31 bits per heavy atom. The summed E-state index contributed by atoms with van der Waals surface area (Å²) in [4.78, 5) is 19.7. The number of aliphatic hydroxyl groups excluding tert-OH is 1. The molecule has 1 amide bonds. The van der Waals surface area contributed by atoms with Crippen LogP contribution in [0.25, 0.3) is 0 Å². The molecule has 26 heavy (non-hydrogen) atoms. The summed E-state index contributed by atoms with van der Waals surface area (Å²) in [6.45, 7) is 3.85. The van der Waals surface area contributed by atoms with E-state index in [-0.39, 0.29) is 24.5 Å². The van der Waals surface area contributed by atoms with Crippen LogP contribution in [-0.2, 0) is 11.4 Å². The van der Waals surface area contributed by atoms with Crippen LogP contribution in [0.5, 0.6) is 5.75 Å². The number of carbonyl (C=O) groups excluding carboxylic acids is 1. The van der Waals surface area contributed by atoms with Crippen LogP contribution in [0.15, 0.2) is 36.5 Å². The van der Waals surface area contributed by atoms with Gasteiger partial charge in [0.1, 0.15) is 6.61 Å². The molecule has 140 valence electrons. The minimum absolute atomic E-state index is 0.0163. The Balaban J connectivity index is 2.17. The first-order valence-corrected chi connectivity index (χ1v) is 8.81. The van der Waals surface area contributed by atoms with Crippen molar-refractivity contribution < 1.29 is 14.6 Å². The normalized spacial score (nSPS) is 11.7. The van der Waals surface area contributed by atoms with E-state index in [1.54, 1.807) is 0 Å². The van der Waals surface area contributed by atoms with Crippen LogP contribution in [0.4, 0.5) is 11.8 Å². The van der Waals surface area contributed by atoms with Gasteiger partial charge in [-0.3, -0.25) is 10.1 Å². The summed E-state index contributed by atoms with van der Waals surface area (Å²) < 4.78 is 5.85. The van der Waals surface area contributed by atoms with Crippen LogP contribution in [-0.4, -0.2) is 33.6 Å². The largest absolute Gasteiger partial charge is 0.483 e. The van der Waals surface area contributed by atoms with E-state index < -0.39 is 0 Å². The van der Waals surface area contributed by atoms with E-state index in [9.17, 15) is 9.90 Å². The molecule has 7 heteroatoms. The van der Waals surface area contributed by atoms with Gasteiger partial charge >= 0.3 is 0 Å². The Bertz CT molecular complexity index is 694. The van der Waals surface area contributed by atoms with Crippen molar-refractivity contribution >= 4 is 17.7 Å². The molecule has 1 aromatic heterocycles. The molecule has 3 N–H and O–H groups in total. The lowest BCUT2D eigenvalue weighted by Crippen LogP contribution is -2.25. The zero-order valence-corrected chi connectivity index (χ0v) is 15.2. The van der Waals surface area contributed by atoms with Crippen LogP contribution in [0.2, 0.25) is 0 Å². The molecule has 0 aliphatic heterocycles. The number of aromatic nitrogens is 2. The Morgan fingerprint density at radius 3 is 2.73 bits per heavy atom. The van der Waals surface area contributed by atoms with Crippen molar-refractivity contribution in [2.45, 2.75) is 45.8 Å². The summed E-state index contributed by atoms with van der Waals surface area (Å²) in [5.74, 6) is 0.866. The fourth-order valence-electron chi connectivity index (χ4n) is 2.39. The molecule has 0 saturated heterocycles. The molecule has 7 nitrogen and oxygen atoms in total. The number of anilines is 2. The van der Waals surface area contributed by atoms with Crippen molar-refractivity contribution in [3.05, 3.63) is 42.1 Å². The van der Waals surface area contributed by atoms with Crippen LogP contribution >= 0.6 is 0 Å². The molecular weight excluding hydrogens is 332 g/mol. The van der Waals surface area contributed by atoms with E-state index in [0.717, 1.165) is 24.8 Å². The summed E-state index contributed by atoms with van der Waals surface area (Å²) in [7, 11) is 0. The second-order valence-electron chi connectivity index (χ2n) is 6.03. The minimum atomic E-state index is -0.251. The van der Waals surface area contributed by atoms with Gasteiger partial charge in [-0.2, -0.15) is 4.98 Å². The average molecular weight is 358 g/mol. The van der Waals surface area contributed by atoms with Gasteiger partial charge in [0.2, 0.25) is 11.9 Å². The Hall–Kier alpha value is -2.67. The zero-order chi connectivity index (χ0) is 18.8. The van der Waals surface area contributed by atoms with E-state index in [0.29, 0.717) is 18.2 Å². The molecule has 1 heterocycles. The van der Waals surface area contributed by atoms with Gasteiger partial charge in [-0.05, 0) is 12.0 Å². The highest BCUT2D eigenvalue weighted by Crippen LogP contribution is 2.25. The number of hydrogen-bond donors (Lipinski definition) is 3. The zero-order valence-electron chi connectivity index (χ0n) is 15.2. The standard InChI is InChI=1S/C19H26N4O3/c1-3-4-10-16(12-24)22-18-17(11-20-19(23-18)21-14(2)25)26-13-15-8-6-5-7-9-15/h5-9,11,16,24H,3-4,10,12-13H2,1-2H3,(H2,20,21,22,23,25). The number of benzene rings is 1. The highest BCUT2D eigenvalue weighted by Gasteiger charge is 2.14. The lowest BCUT2D eigenvalue weighted by Gasteiger charge is -2.19. The van der Waals surface area contributed by atoms with Crippen molar-refractivity contribution in [3.8, 4) is 5.75 Å². The van der Waals surface area contributed by atoms with Gasteiger partial charge < -0.3 is 15.2 Å². The number of nitrogens with one attached hydrogen (secondary N) is 2. The molecule has 2 aromatic rings. The van der Waals surface area contributed by atoms with Crippen LogP contribution in [0, 0.1) is 0 Å². The first-order chi connectivity index (χ1) is 12.6. The quantitative estimate of drug-likeness (QED) is 0.604. The lowest BCUT2D eigenvalue weighted by atomic mass is 10.1. The third kappa shape index (κ3) is 6.33. The van der Waals surface area contributed by atoms with E-state index in [4.69, 9.17) is 4.74 Å². The third-order valence-electron chi connectivity index (χ3n) is 3.75. The summed E-state index contributed by atoms with van der Waals surface area (Å²) in [5.41, 5.74) is 1.02. The topological polar surface area (TPSA) is 96.4 Å². The van der Waals surface area contributed by atoms with Crippen molar-refractivity contribution in [1.82, 2.24) is 9.97 Å². The van der Waals surface area contributed by atoms with Gasteiger partial charge in [0, 0.05) is 6.92 Å². The summed E-state index contributed by atoms with van der Waals surface area (Å²) >= 11 is 0. The predicted molar refractivity (Wildman–Crippen MR) is 101 cm³/mol. The molecule has 0 fully saturated rings. The van der Waals surface area contributed by atoms with Crippen molar-refractivity contribution in [3.63, 3.8) is 0 Å². The maximum Gasteiger partial charge on any atom is 0.231 e. The molecule has 1 atom stereocenters. The monoisotopic (exact) mass is 358 g/mol. The Kier molecular flexibility index (Phi) is 7.82. The van der Waals surface area contributed by atoms with E-state index >= 15 is 0 Å². The van der Waals surface area contributed by atoms with E-state index in [1.807, 2.05) is 30.3 Å². The molecule has 1 unspecified atom stereocenters. The molecular formula is C19H26N4O3. The average Bonchev–Trinajstić information content (AvgIpc) is 2.64. The lowest BCUT2D eigenvalue weighted by molar-refractivity contribution is -0.114. The van der Waals surface area contributed by atoms with Gasteiger partial charge in [0.05, 0.1) is 18.8 Å². The minimum Gasteiger partial charge on any atom is -0.483 e. The second-order valence-corrected chi connectivity index (χ2v) is 6.03. The van der Waals surface area contributed by atoms with Gasteiger partial charge in [-0.25, -0.2) is 4.98 Å². The van der Waals surface area contributed by atoms with Crippen LogP contribution in [0.3, 0.4) is 0 Å². The molecule has 0 aliphatic carbocycles.